The van der Waals surface area contributed by atoms with E-state index in [1.165, 1.54) is 21.1 Å². The lowest BCUT2D eigenvalue weighted by atomic mass is 10.0. The number of rotatable bonds is 11. The van der Waals surface area contributed by atoms with Crippen LogP contribution in [0.15, 0.2) is 61.1 Å². The predicted molar refractivity (Wildman–Crippen MR) is 213 cm³/mol. The summed E-state index contributed by atoms with van der Waals surface area (Å²) < 4.78 is 9.40. The van der Waals surface area contributed by atoms with Crippen LogP contribution in [-0.4, -0.2) is 114 Å². The van der Waals surface area contributed by atoms with Gasteiger partial charge in [-0.2, -0.15) is 0 Å². The van der Waals surface area contributed by atoms with Crippen LogP contribution in [0.3, 0.4) is 0 Å². The molecule has 17 heteroatoms. The van der Waals surface area contributed by atoms with Crippen LogP contribution < -0.4 is 10.6 Å². The molecule has 5 aromatic rings. The fourth-order valence-electron chi connectivity index (χ4n) is 7.71. The van der Waals surface area contributed by atoms with Crippen molar-refractivity contribution < 1.29 is 33.8 Å². The van der Waals surface area contributed by atoms with Gasteiger partial charge in [0.1, 0.15) is 23.7 Å². The highest BCUT2D eigenvalue weighted by molar-refractivity contribution is 5.88. The number of aliphatic hydroxyl groups is 1. The van der Waals surface area contributed by atoms with E-state index in [4.69, 9.17) is 19.7 Å². The smallest absolute Gasteiger partial charge is 0.407 e. The molecule has 5 atom stereocenters. The minimum absolute atomic E-state index is 0.119. The predicted octanol–water partition coefficient (Wildman–Crippen LogP) is 4.89. The summed E-state index contributed by atoms with van der Waals surface area (Å²) in [6.07, 6.45) is 5.70. The van der Waals surface area contributed by atoms with E-state index in [9.17, 15) is 24.3 Å². The molecule has 58 heavy (non-hydrogen) atoms. The number of hydrogen-bond donors (Lipinski definition) is 5. The Balaban J connectivity index is 1.02. The van der Waals surface area contributed by atoms with Gasteiger partial charge in [-0.1, -0.05) is 44.2 Å². The molecule has 304 valence electrons. The molecule has 0 aliphatic carbocycles. The van der Waals surface area contributed by atoms with E-state index >= 15 is 0 Å². The highest BCUT2D eigenvalue weighted by atomic mass is 16.5. The number of fused-ring (bicyclic) bond motifs is 1. The molecule has 2 aliphatic heterocycles. The third-order valence-corrected chi connectivity index (χ3v) is 10.8. The number of carbonyl (C=O) groups is 4. The maximum atomic E-state index is 13.5. The second-order valence-electron chi connectivity index (χ2n) is 15.0. The summed E-state index contributed by atoms with van der Waals surface area (Å²) in [4.78, 5) is 79.9. The molecule has 0 bridgehead atoms. The molecule has 5 N–H and O–H groups in total. The summed E-state index contributed by atoms with van der Waals surface area (Å²) in [6.45, 7) is 6.27. The van der Waals surface area contributed by atoms with Gasteiger partial charge in [0.05, 0.1) is 79.1 Å². The normalized spacial score (nSPS) is 18.3. The lowest BCUT2D eigenvalue weighted by Gasteiger charge is -2.30. The molecule has 2 saturated heterocycles. The van der Waals surface area contributed by atoms with Crippen molar-refractivity contribution >= 4 is 35.0 Å². The Morgan fingerprint density at radius 2 is 1.28 bits per heavy atom. The Morgan fingerprint density at radius 3 is 1.86 bits per heavy atom. The Morgan fingerprint density at radius 1 is 0.724 bits per heavy atom. The number of nitrogens with zero attached hydrogens (tertiary/aromatic N) is 6. The van der Waals surface area contributed by atoms with E-state index in [2.05, 4.69) is 30.3 Å². The van der Waals surface area contributed by atoms with Crippen LogP contribution in [0, 0.1) is 5.92 Å². The average Bonchev–Trinajstić information content (AvgIpc) is 4.07. The molecular weight excluding hydrogens is 745 g/mol. The van der Waals surface area contributed by atoms with Crippen molar-refractivity contribution in [3.63, 3.8) is 0 Å². The Hall–Kier alpha value is -6.36. The van der Waals surface area contributed by atoms with E-state index in [0.29, 0.717) is 42.5 Å². The van der Waals surface area contributed by atoms with Gasteiger partial charge < -0.3 is 45.0 Å². The van der Waals surface area contributed by atoms with Gasteiger partial charge >= 0.3 is 12.2 Å². The first-order valence-electron chi connectivity index (χ1n) is 19.4. The van der Waals surface area contributed by atoms with Crippen LogP contribution in [-0.2, 0) is 19.1 Å². The third kappa shape index (κ3) is 8.20. The second-order valence-corrected chi connectivity index (χ2v) is 15.0. The molecule has 17 nitrogen and oxygen atoms in total. The summed E-state index contributed by atoms with van der Waals surface area (Å²) in [5.74, 6) is 0.639. The monoisotopic (exact) mass is 792 g/mol. The van der Waals surface area contributed by atoms with Gasteiger partial charge in [0, 0.05) is 24.2 Å². The first kappa shape index (κ1) is 39.9. The van der Waals surface area contributed by atoms with Crippen LogP contribution in [0.1, 0.15) is 70.2 Å². The largest absolute Gasteiger partial charge is 0.453 e. The van der Waals surface area contributed by atoms with Crippen molar-refractivity contribution in [3.8, 4) is 33.8 Å². The van der Waals surface area contributed by atoms with E-state index in [-0.39, 0.29) is 23.9 Å². The maximum Gasteiger partial charge on any atom is 0.407 e. The number of H-pyrrole nitrogens is 2. The Kier molecular flexibility index (Phi) is 11.7. The second kappa shape index (κ2) is 17.0. The highest BCUT2D eigenvalue weighted by Gasteiger charge is 2.39. The zero-order valence-corrected chi connectivity index (χ0v) is 33.1. The van der Waals surface area contributed by atoms with Crippen molar-refractivity contribution in [2.24, 2.45) is 5.92 Å². The number of methoxy groups -OCH3 is 2. The molecule has 7 rings (SSSR count). The number of likely N-dealkylation sites (tertiary alicyclic amines) is 2. The van der Waals surface area contributed by atoms with Gasteiger partial charge in [0.2, 0.25) is 11.8 Å². The summed E-state index contributed by atoms with van der Waals surface area (Å²) in [6, 6.07) is 11.3. The first-order valence-corrected chi connectivity index (χ1v) is 19.4. The average molecular weight is 793 g/mol. The molecule has 2 fully saturated rings. The minimum Gasteiger partial charge on any atom is -0.453 e. The Bertz CT molecular complexity index is 2270. The fraction of sp³-hybridized carbons (Fsp3) is 0.415. The van der Waals surface area contributed by atoms with Gasteiger partial charge in [-0.25, -0.2) is 19.6 Å². The van der Waals surface area contributed by atoms with Gasteiger partial charge in [-0.15, -0.1) is 0 Å². The standard InChI is InChI=1S/C41H48N10O7/c1-22(2)34(48-40(55)57-4)38(53)50-16-6-8-32(50)36-44-21-31(47-36)25-12-10-24(11-13-25)29-19-43-30(20-42-29)26-14-15-27-28(18-26)46-37(45-27)33-9-7-17-51(33)39(54)35(23(3)52)49-41(56)58-5/h10-15,18-23,32-35,52H,6-9,16-17H2,1-5H3,(H,44,47)(H,45,46)(H,48,55)(H,49,56)/t23-,32+,33+,34+,35+/m1/s1. The van der Waals surface area contributed by atoms with E-state index in [1.807, 2.05) is 56.3 Å². The zero-order chi connectivity index (χ0) is 41.1. The summed E-state index contributed by atoms with van der Waals surface area (Å²) in [7, 11) is 2.48. The number of benzene rings is 2. The number of ether oxygens (including phenoxy) is 2. The van der Waals surface area contributed by atoms with Crippen LogP contribution >= 0.6 is 0 Å². The molecule has 3 aromatic heterocycles. The van der Waals surface area contributed by atoms with Crippen molar-refractivity contribution in [2.75, 3.05) is 27.3 Å². The van der Waals surface area contributed by atoms with Crippen molar-refractivity contribution in [1.82, 2.24) is 50.3 Å². The first-order chi connectivity index (χ1) is 27.9. The van der Waals surface area contributed by atoms with Crippen LogP contribution in [0.5, 0.6) is 0 Å². The number of carbonyl (C=O) groups excluding carboxylic acids is 4. The number of amides is 4. The lowest BCUT2D eigenvalue weighted by Crippen LogP contribution is -2.53. The van der Waals surface area contributed by atoms with Crippen LogP contribution in [0.25, 0.3) is 44.8 Å². The highest BCUT2D eigenvalue weighted by Crippen LogP contribution is 2.35. The molecule has 4 amide bonds. The molecule has 0 unspecified atom stereocenters. The third-order valence-electron chi connectivity index (χ3n) is 10.8. The quantitative estimate of drug-likeness (QED) is 0.121. The van der Waals surface area contributed by atoms with Crippen molar-refractivity contribution in [2.45, 2.75) is 76.7 Å². The molecular formula is C41H48N10O7. The fourth-order valence-corrected chi connectivity index (χ4v) is 7.71. The molecule has 5 heterocycles. The zero-order valence-electron chi connectivity index (χ0n) is 33.1. The molecule has 0 saturated carbocycles. The number of aromatic amines is 2. The van der Waals surface area contributed by atoms with Gasteiger partial charge in [0.15, 0.2) is 0 Å². The lowest BCUT2D eigenvalue weighted by molar-refractivity contribution is -0.137. The summed E-state index contributed by atoms with van der Waals surface area (Å²) in [5.41, 5.74) is 6.35. The number of imidazole rings is 2. The molecule has 0 radical (unpaired) electrons. The minimum atomic E-state index is -1.15. The molecule has 0 spiro atoms. The van der Waals surface area contributed by atoms with Crippen molar-refractivity contribution in [3.05, 3.63) is 72.7 Å². The SMILES string of the molecule is COC(=O)N[C@H](C(=O)N1CCC[C@H]1c1ncc(-c2ccc(-c3cnc(-c4ccc5nc([C@@H]6CCCN6C(=O)[C@@H](NC(=O)OC)[C@@H](C)O)[nH]c5c4)cn3)cc2)[nH]1)C(C)C. The summed E-state index contributed by atoms with van der Waals surface area (Å²) >= 11 is 0. The maximum absolute atomic E-state index is 13.5. The molecule has 2 aliphatic rings. The van der Waals surface area contributed by atoms with E-state index in [1.54, 1.807) is 28.4 Å². The van der Waals surface area contributed by atoms with E-state index < -0.39 is 36.3 Å². The number of hydrogen-bond acceptors (Lipinski definition) is 11. The molecule has 2 aromatic carbocycles. The van der Waals surface area contributed by atoms with Crippen LogP contribution in [0.4, 0.5) is 9.59 Å². The number of nitrogens with one attached hydrogen (secondary N) is 4. The summed E-state index contributed by atoms with van der Waals surface area (Å²) in [5, 5.41) is 15.4. The Labute approximate surface area is 335 Å². The van der Waals surface area contributed by atoms with Gasteiger partial charge in [-0.3, -0.25) is 19.6 Å². The number of aliphatic hydroxyl groups excluding tert-OH is 1. The topological polar surface area (TPSA) is 221 Å². The number of alkyl carbamates (subject to hydrolysis) is 2. The number of aromatic nitrogens is 6. The van der Waals surface area contributed by atoms with Gasteiger partial charge in [-0.05, 0) is 56.2 Å². The van der Waals surface area contributed by atoms with E-state index in [0.717, 1.165) is 52.7 Å². The van der Waals surface area contributed by atoms with Crippen LogP contribution in [0.2, 0.25) is 0 Å². The van der Waals surface area contributed by atoms with Gasteiger partial charge in [0.25, 0.3) is 0 Å². The van der Waals surface area contributed by atoms with Crippen molar-refractivity contribution in [1.29, 1.82) is 0 Å².